The molecule has 2 atom stereocenters. The largest absolute Gasteiger partial charge is 0.356 e. The topological polar surface area (TPSA) is 30.9 Å². The van der Waals surface area contributed by atoms with Gasteiger partial charge in [0, 0.05) is 33.2 Å². The lowest BCUT2D eigenvalue weighted by Gasteiger charge is -2.25. The van der Waals surface area contributed by atoms with Crippen LogP contribution in [-0.2, 0) is 6.42 Å². The Hall–Kier alpha value is -0.820. The molecule has 1 N–H and O–H groups in total. The van der Waals surface area contributed by atoms with Gasteiger partial charge in [-0.25, -0.2) is 0 Å². The third kappa shape index (κ3) is 6.41. The van der Waals surface area contributed by atoms with E-state index in [0.29, 0.717) is 5.92 Å². The number of likely N-dealkylation sites (tertiary alicyclic amines) is 2. The van der Waals surface area contributed by atoms with Crippen LogP contribution in [0.4, 0.5) is 0 Å². The molecule has 3 rings (SSSR count). The van der Waals surface area contributed by atoms with Crippen LogP contribution in [0.15, 0.2) is 35.3 Å². The maximum atomic E-state index is 4.53. The number of aliphatic imine (C=N–C) groups is 1. The van der Waals surface area contributed by atoms with Gasteiger partial charge >= 0.3 is 0 Å². The van der Waals surface area contributed by atoms with Crippen molar-refractivity contribution in [1.82, 2.24) is 15.1 Å². The van der Waals surface area contributed by atoms with Crippen LogP contribution in [0.2, 0.25) is 0 Å². The van der Waals surface area contributed by atoms with Crippen molar-refractivity contribution in [3.8, 4) is 0 Å². The number of nitrogens with one attached hydrogen (secondary N) is 1. The van der Waals surface area contributed by atoms with Gasteiger partial charge in [-0.05, 0) is 56.2 Å². The molecule has 2 unspecified atom stereocenters. The van der Waals surface area contributed by atoms with Gasteiger partial charge in [0.25, 0.3) is 0 Å². The van der Waals surface area contributed by atoms with Crippen molar-refractivity contribution in [1.29, 1.82) is 0 Å². The molecule has 26 heavy (non-hydrogen) atoms. The van der Waals surface area contributed by atoms with Crippen molar-refractivity contribution >= 4 is 29.9 Å². The van der Waals surface area contributed by atoms with Gasteiger partial charge in [-0.2, -0.15) is 0 Å². The SMILES string of the molecule is CN=C(NCC(C)CN1CCCC1)N1CCC(Cc2ccccc2)C1.I. The molecule has 0 aromatic heterocycles. The summed E-state index contributed by atoms with van der Waals surface area (Å²) in [5, 5.41) is 3.62. The first-order valence-corrected chi connectivity index (χ1v) is 9.96. The third-order valence-electron chi connectivity index (χ3n) is 5.54. The first kappa shape index (κ1) is 21.5. The lowest BCUT2D eigenvalue weighted by atomic mass is 9.99. The Morgan fingerprint density at radius 1 is 1.19 bits per heavy atom. The predicted octanol–water partition coefficient (Wildman–Crippen LogP) is 3.48. The monoisotopic (exact) mass is 470 g/mol. The molecule has 0 aliphatic carbocycles. The molecular weight excluding hydrogens is 435 g/mol. The number of hydrogen-bond acceptors (Lipinski definition) is 2. The van der Waals surface area contributed by atoms with Gasteiger partial charge < -0.3 is 15.1 Å². The minimum atomic E-state index is 0. The van der Waals surface area contributed by atoms with Crippen molar-refractivity contribution in [3.05, 3.63) is 35.9 Å². The van der Waals surface area contributed by atoms with Crippen molar-refractivity contribution in [2.24, 2.45) is 16.8 Å². The molecule has 1 aromatic rings. The Morgan fingerprint density at radius 3 is 2.62 bits per heavy atom. The van der Waals surface area contributed by atoms with E-state index in [4.69, 9.17) is 0 Å². The second-order valence-corrected chi connectivity index (χ2v) is 7.83. The van der Waals surface area contributed by atoms with E-state index in [-0.39, 0.29) is 24.0 Å². The summed E-state index contributed by atoms with van der Waals surface area (Å²) in [5.74, 6) is 2.49. The maximum absolute atomic E-state index is 4.53. The Morgan fingerprint density at radius 2 is 1.92 bits per heavy atom. The normalized spacial score (nSPS) is 22.3. The van der Waals surface area contributed by atoms with Gasteiger partial charge in [0.05, 0.1) is 0 Å². The van der Waals surface area contributed by atoms with Gasteiger partial charge in [-0.1, -0.05) is 37.3 Å². The quantitative estimate of drug-likeness (QED) is 0.393. The zero-order valence-electron chi connectivity index (χ0n) is 16.4. The molecule has 0 spiro atoms. The van der Waals surface area contributed by atoms with Gasteiger partial charge in [0.1, 0.15) is 0 Å². The van der Waals surface area contributed by atoms with Crippen LogP contribution in [-0.4, -0.2) is 62.1 Å². The zero-order valence-corrected chi connectivity index (χ0v) is 18.7. The fraction of sp³-hybridized carbons (Fsp3) is 0.667. The summed E-state index contributed by atoms with van der Waals surface area (Å²) < 4.78 is 0. The number of guanidine groups is 1. The minimum Gasteiger partial charge on any atom is -0.356 e. The van der Waals surface area contributed by atoms with E-state index in [9.17, 15) is 0 Å². The molecule has 0 bridgehead atoms. The molecule has 1 aromatic carbocycles. The fourth-order valence-electron chi connectivity index (χ4n) is 4.21. The van der Waals surface area contributed by atoms with Gasteiger partial charge in [-0.3, -0.25) is 4.99 Å². The minimum absolute atomic E-state index is 0. The summed E-state index contributed by atoms with van der Waals surface area (Å²) in [5.41, 5.74) is 1.46. The zero-order chi connectivity index (χ0) is 17.5. The van der Waals surface area contributed by atoms with E-state index in [1.54, 1.807) is 0 Å². The molecule has 2 aliphatic rings. The highest BCUT2D eigenvalue weighted by Crippen LogP contribution is 2.21. The summed E-state index contributed by atoms with van der Waals surface area (Å²) in [6.07, 6.45) is 5.19. The highest BCUT2D eigenvalue weighted by atomic mass is 127. The average molecular weight is 470 g/mol. The van der Waals surface area contributed by atoms with Crippen LogP contribution >= 0.6 is 24.0 Å². The number of halogens is 1. The Bertz CT molecular complexity index is 542. The van der Waals surface area contributed by atoms with E-state index in [1.165, 1.54) is 50.9 Å². The van der Waals surface area contributed by atoms with E-state index in [0.717, 1.165) is 31.5 Å². The first-order valence-electron chi connectivity index (χ1n) is 9.96. The number of nitrogens with zero attached hydrogens (tertiary/aromatic N) is 3. The molecule has 4 nitrogen and oxygen atoms in total. The lowest BCUT2D eigenvalue weighted by molar-refractivity contribution is 0.286. The Labute approximate surface area is 176 Å². The van der Waals surface area contributed by atoms with Gasteiger partial charge in [-0.15, -0.1) is 24.0 Å². The number of rotatable bonds is 6. The van der Waals surface area contributed by atoms with E-state index in [2.05, 4.69) is 57.4 Å². The molecule has 146 valence electrons. The van der Waals surface area contributed by atoms with Gasteiger partial charge in [0.2, 0.25) is 0 Å². The molecule has 5 heteroatoms. The van der Waals surface area contributed by atoms with Crippen LogP contribution in [0.3, 0.4) is 0 Å². The molecule has 0 saturated carbocycles. The van der Waals surface area contributed by atoms with Crippen LogP contribution in [0.1, 0.15) is 31.7 Å². The highest BCUT2D eigenvalue weighted by molar-refractivity contribution is 14.0. The Balaban J connectivity index is 0.00000243. The summed E-state index contributed by atoms with van der Waals surface area (Å²) in [4.78, 5) is 9.57. The van der Waals surface area contributed by atoms with Crippen LogP contribution in [0.25, 0.3) is 0 Å². The molecule has 0 radical (unpaired) electrons. The van der Waals surface area contributed by atoms with Crippen molar-refractivity contribution < 1.29 is 0 Å². The lowest BCUT2D eigenvalue weighted by Crippen LogP contribution is -2.43. The Kier molecular flexibility index (Phi) is 9.19. The number of hydrogen-bond donors (Lipinski definition) is 1. The smallest absolute Gasteiger partial charge is 0.193 e. The molecule has 2 saturated heterocycles. The molecular formula is C21H35IN4. The van der Waals surface area contributed by atoms with Crippen LogP contribution < -0.4 is 5.32 Å². The maximum Gasteiger partial charge on any atom is 0.193 e. The summed E-state index contributed by atoms with van der Waals surface area (Å²) in [6, 6.07) is 10.9. The van der Waals surface area contributed by atoms with Crippen molar-refractivity contribution in [2.45, 2.75) is 32.6 Å². The predicted molar refractivity (Wildman–Crippen MR) is 121 cm³/mol. The van der Waals surface area contributed by atoms with E-state index >= 15 is 0 Å². The van der Waals surface area contributed by atoms with Crippen molar-refractivity contribution in [2.75, 3.05) is 46.3 Å². The fourth-order valence-corrected chi connectivity index (χ4v) is 4.21. The second-order valence-electron chi connectivity index (χ2n) is 7.83. The average Bonchev–Trinajstić information content (AvgIpc) is 3.29. The second kappa shape index (κ2) is 11.1. The summed E-state index contributed by atoms with van der Waals surface area (Å²) in [6.45, 7) is 9.38. The van der Waals surface area contributed by atoms with E-state index < -0.39 is 0 Å². The molecule has 0 amide bonds. The third-order valence-corrected chi connectivity index (χ3v) is 5.54. The summed E-state index contributed by atoms with van der Waals surface area (Å²) >= 11 is 0. The molecule has 2 heterocycles. The van der Waals surface area contributed by atoms with Crippen LogP contribution in [0, 0.1) is 11.8 Å². The standard InChI is InChI=1S/C21H34N4.HI/c1-18(16-24-11-6-7-12-24)15-23-21(22-2)25-13-10-20(17-25)14-19-8-4-3-5-9-19;/h3-5,8-9,18,20H,6-7,10-17H2,1-2H3,(H,22,23);1H. The number of benzene rings is 1. The first-order chi connectivity index (χ1) is 12.2. The summed E-state index contributed by atoms with van der Waals surface area (Å²) in [7, 11) is 1.91. The van der Waals surface area contributed by atoms with E-state index in [1.807, 2.05) is 7.05 Å². The van der Waals surface area contributed by atoms with Gasteiger partial charge in [0.15, 0.2) is 5.96 Å². The molecule has 2 fully saturated rings. The van der Waals surface area contributed by atoms with Crippen LogP contribution in [0.5, 0.6) is 0 Å². The highest BCUT2D eigenvalue weighted by Gasteiger charge is 2.25. The molecule has 2 aliphatic heterocycles. The van der Waals surface area contributed by atoms with Crippen molar-refractivity contribution in [3.63, 3.8) is 0 Å².